The molecule has 0 radical (unpaired) electrons. The SMILES string of the molecule is COC(=O)Cc1ccc(N2C(N)=C(C#N)C(c3ccccc3)C(C(=O)OC)=C2C(=O)OC)c(F)c1F. The van der Waals surface area contributed by atoms with E-state index >= 15 is 4.39 Å². The average molecular weight is 497 g/mol. The van der Waals surface area contributed by atoms with E-state index < -0.39 is 59.1 Å². The lowest BCUT2D eigenvalue weighted by Gasteiger charge is -2.36. The van der Waals surface area contributed by atoms with Crippen molar-refractivity contribution in [2.75, 3.05) is 26.2 Å². The molecule has 1 heterocycles. The van der Waals surface area contributed by atoms with Gasteiger partial charge in [-0.15, -0.1) is 0 Å². The Bertz CT molecular complexity index is 1330. The van der Waals surface area contributed by atoms with Gasteiger partial charge in [-0.2, -0.15) is 5.26 Å². The van der Waals surface area contributed by atoms with Crippen molar-refractivity contribution < 1.29 is 37.4 Å². The minimum atomic E-state index is -1.49. The number of nitrogens with zero attached hydrogens (tertiary/aromatic N) is 2. The van der Waals surface area contributed by atoms with E-state index in [0.29, 0.717) is 5.56 Å². The fraction of sp³-hybridized carbons (Fsp3) is 0.200. The second-order valence-electron chi connectivity index (χ2n) is 7.46. The normalized spacial score (nSPS) is 15.3. The van der Waals surface area contributed by atoms with Crippen LogP contribution in [0.15, 0.2) is 65.1 Å². The van der Waals surface area contributed by atoms with E-state index in [0.717, 1.165) is 38.4 Å². The summed E-state index contributed by atoms with van der Waals surface area (Å²) in [6.45, 7) is 0. The number of methoxy groups -OCH3 is 3. The summed E-state index contributed by atoms with van der Waals surface area (Å²) in [6.07, 6.45) is -0.558. The summed E-state index contributed by atoms with van der Waals surface area (Å²) in [5, 5.41) is 9.98. The first kappa shape index (κ1) is 25.9. The van der Waals surface area contributed by atoms with Gasteiger partial charge in [-0.1, -0.05) is 36.4 Å². The molecule has 2 aromatic rings. The molecule has 3 rings (SSSR count). The van der Waals surface area contributed by atoms with Crippen LogP contribution in [-0.2, 0) is 35.0 Å². The topological polar surface area (TPSA) is 132 Å². The fourth-order valence-electron chi connectivity index (χ4n) is 3.88. The Balaban J connectivity index is 2.37. The third kappa shape index (κ3) is 4.48. The molecular weight excluding hydrogens is 476 g/mol. The van der Waals surface area contributed by atoms with Crippen LogP contribution in [-0.4, -0.2) is 39.2 Å². The Labute approximate surface area is 204 Å². The standard InChI is InChI=1S/C25H21F2N3O6/c1-34-17(31)11-14-9-10-16(21(27)20(14)26)30-22(25(33)36-3)19(24(32)35-2)18(15(12-28)23(30)29)13-7-5-4-6-8-13/h4-10,18H,11,29H2,1-3H3. The van der Waals surface area contributed by atoms with Crippen LogP contribution in [0.2, 0.25) is 0 Å². The molecule has 1 unspecified atom stereocenters. The summed E-state index contributed by atoms with van der Waals surface area (Å²) in [6, 6.07) is 12.3. The Morgan fingerprint density at radius 3 is 2.17 bits per heavy atom. The molecule has 2 N–H and O–H groups in total. The van der Waals surface area contributed by atoms with Crippen molar-refractivity contribution in [3.63, 3.8) is 0 Å². The molecule has 186 valence electrons. The number of carbonyl (C=O) groups excluding carboxylic acids is 3. The molecule has 0 aromatic heterocycles. The molecule has 0 aliphatic carbocycles. The van der Waals surface area contributed by atoms with Gasteiger partial charge in [0.25, 0.3) is 0 Å². The first-order valence-corrected chi connectivity index (χ1v) is 10.4. The van der Waals surface area contributed by atoms with E-state index in [1.165, 1.54) is 0 Å². The van der Waals surface area contributed by atoms with E-state index in [9.17, 15) is 24.0 Å². The molecule has 0 saturated heterocycles. The van der Waals surface area contributed by atoms with Crippen LogP contribution in [0.5, 0.6) is 0 Å². The maximum Gasteiger partial charge on any atom is 0.355 e. The Hall–Kier alpha value is -4.72. The lowest BCUT2D eigenvalue weighted by molar-refractivity contribution is -0.140. The van der Waals surface area contributed by atoms with Crippen molar-refractivity contribution in [1.29, 1.82) is 5.26 Å². The van der Waals surface area contributed by atoms with Gasteiger partial charge in [-0.3, -0.25) is 9.69 Å². The summed E-state index contributed by atoms with van der Waals surface area (Å²) in [5.41, 5.74) is 4.63. The highest BCUT2D eigenvalue weighted by Gasteiger charge is 2.44. The second kappa shape index (κ2) is 10.7. The molecule has 1 aliphatic rings. The molecule has 11 heteroatoms. The quantitative estimate of drug-likeness (QED) is 0.472. The molecule has 9 nitrogen and oxygen atoms in total. The van der Waals surface area contributed by atoms with E-state index in [1.807, 2.05) is 6.07 Å². The summed E-state index contributed by atoms with van der Waals surface area (Å²) in [7, 11) is 3.18. The van der Waals surface area contributed by atoms with Gasteiger partial charge in [0.2, 0.25) is 0 Å². The molecule has 2 aromatic carbocycles. The maximum atomic E-state index is 15.4. The summed E-state index contributed by atoms with van der Waals surface area (Å²) < 4.78 is 44.5. The van der Waals surface area contributed by atoms with E-state index in [4.69, 9.17) is 15.2 Å². The van der Waals surface area contributed by atoms with Gasteiger partial charge >= 0.3 is 17.9 Å². The Morgan fingerprint density at radius 1 is 0.972 bits per heavy atom. The summed E-state index contributed by atoms with van der Waals surface area (Å²) in [5.74, 6) is -7.43. The largest absolute Gasteiger partial charge is 0.469 e. The van der Waals surface area contributed by atoms with Gasteiger partial charge in [0.15, 0.2) is 11.6 Å². The van der Waals surface area contributed by atoms with Crippen molar-refractivity contribution in [3.05, 3.63) is 87.9 Å². The monoisotopic (exact) mass is 497 g/mol. The number of esters is 3. The number of carbonyl (C=O) groups is 3. The number of nitrogens with two attached hydrogens (primary N) is 1. The van der Waals surface area contributed by atoms with Crippen LogP contribution in [0.1, 0.15) is 17.0 Å². The number of hydrogen-bond donors (Lipinski definition) is 1. The highest BCUT2D eigenvalue weighted by molar-refractivity contribution is 6.06. The third-order valence-electron chi connectivity index (χ3n) is 5.56. The molecule has 0 saturated carbocycles. The van der Waals surface area contributed by atoms with Crippen LogP contribution in [0.25, 0.3) is 0 Å². The zero-order valence-electron chi connectivity index (χ0n) is 19.5. The smallest absolute Gasteiger partial charge is 0.355 e. The van der Waals surface area contributed by atoms with Crippen LogP contribution in [0, 0.1) is 23.0 Å². The number of allylic oxidation sites excluding steroid dienone is 1. The third-order valence-corrected chi connectivity index (χ3v) is 5.56. The predicted octanol–water partition coefficient (Wildman–Crippen LogP) is 2.58. The number of ether oxygens (including phenoxy) is 3. The number of rotatable bonds is 6. The molecule has 1 aliphatic heterocycles. The minimum absolute atomic E-state index is 0.215. The van der Waals surface area contributed by atoms with Crippen molar-refractivity contribution in [2.24, 2.45) is 5.73 Å². The van der Waals surface area contributed by atoms with Crippen molar-refractivity contribution in [2.45, 2.75) is 12.3 Å². The van der Waals surface area contributed by atoms with Gasteiger partial charge in [-0.05, 0) is 11.6 Å². The van der Waals surface area contributed by atoms with Crippen molar-refractivity contribution >= 4 is 23.6 Å². The van der Waals surface area contributed by atoms with Crippen LogP contribution in [0.3, 0.4) is 0 Å². The van der Waals surface area contributed by atoms with Gasteiger partial charge < -0.3 is 19.9 Å². The van der Waals surface area contributed by atoms with E-state index in [1.54, 1.807) is 30.3 Å². The maximum absolute atomic E-state index is 15.4. The van der Waals surface area contributed by atoms with Gasteiger partial charge in [0.05, 0.1) is 56.6 Å². The Morgan fingerprint density at radius 2 is 1.61 bits per heavy atom. The van der Waals surface area contributed by atoms with Gasteiger partial charge in [-0.25, -0.2) is 18.4 Å². The average Bonchev–Trinajstić information content (AvgIpc) is 2.90. The summed E-state index contributed by atoms with van der Waals surface area (Å²) in [4.78, 5) is 38.3. The second-order valence-corrected chi connectivity index (χ2v) is 7.46. The van der Waals surface area contributed by atoms with Gasteiger partial charge in [0.1, 0.15) is 11.5 Å². The van der Waals surface area contributed by atoms with Gasteiger partial charge in [0, 0.05) is 5.56 Å². The van der Waals surface area contributed by atoms with E-state index in [-0.39, 0.29) is 16.7 Å². The summed E-state index contributed by atoms with van der Waals surface area (Å²) >= 11 is 0. The molecule has 1 atom stereocenters. The number of benzene rings is 2. The molecule has 0 fully saturated rings. The first-order chi connectivity index (χ1) is 17.2. The first-order valence-electron chi connectivity index (χ1n) is 10.4. The van der Waals surface area contributed by atoms with Crippen LogP contribution >= 0.6 is 0 Å². The minimum Gasteiger partial charge on any atom is -0.469 e. The Kier molecular flexibility index (Phi) is 7.69. The highest BCUT2D eigenvalue weighted by Crippen LogP contribution is 2.44. The highest BCUT2D eigenvalue weighted by atomic mass is 19.2. The lowest BCUT2D eigenvalue weighted by atomic mass is 9.81. The number of halogens is 2. The molecular formula is C25H21F2N3O6. The number of anilines is 1. The lowest BCUT2D eigenvalue weighted by Crippen LogP contribution is -2.41. The van der Waals surface area contributed by atoms with Crippen molar-refractivity contribution in [1.82, 2.24) is 0 Å². The van der Waals surface area contributed by atoms with Crippen LogP contribution < -0.4 is 10.6 Å². The number of nitriles is 1. The molecule has 0 bridgehead atoms. The molecule has 0 amide bonds. The fourth-order valence-corrected chi connectivity index (χ4v) is 3.88. The molecule has 0 spiro atoms. The van der Waals surface area contributed by atoms with E-state index in [2.05, 4.69) is 4.74 Å². The zero-order chi connectivity index (χ0) is 26.6. The number of hydrogen-bond acceptors (Lipinski definition) is 9. The van der Waals surface area contributed by atoms with Crippen molar-refractivity contribution in [3.8, 4) is 6.07 Å². The predicted molar refractivity (Wildman–Crippen MR) is 122 cm³/mol. The molecule has 36 heavy (non-hydrogen) atoms. The zero-order valence-corrected chi connectivity index (χ0v) is 19.5. The van der Waals surface area contributed by atoms with Crippen LogP contribution in [0.4, 0.5) is 14.5 Å².